The maximum atomic E-state index is 13.0. The first-order valence-electron chi connectivity index (χ1n) is 8.73. The quantitative estimate of drug-likeness (QED) is 0.239. The molecule has 0 atom stereocenters. The Kier molecular flexibility index (Phi) is 5.87. The van der Waals surface area contributed by atoms with E-state index in [0.29, 0.717) is 21.4 Å². The molecule has 150 valence electrons. The number of carbonyl (C=O) groups excluding carboxylic acids is 1. The summed E-state index contributed by atoms with van der Waals surface area (Å²) in [5.41, 5.74) is 0.671. The zero-order chi connectivity index (χ0) is 20.9. The van der Waals surface area contributed by atoms with Crippen LogP contribution in [0, 0.1) is 10.1 Å². The molecule has 1 aliphatic rings. The van der Waals surface area contributed by atoms with E-state index in [1.165, 1.54) is 40.1 Å². The Labute approximate surface area is 179 Å². The summed E-state index contributed by atoms with van der Waals surface area (Å²) >= 11 is 2.73. The number of non-ortho nitro benzene ring substituents is 1. The minimum absolute atomic E-state index is 0.00726. The lowest BCUT2D eigenvalue weighted by Crippen LogP contribution is -2.28. The van der Waals surface area contributed by atoms with E-state index in [4.69, 9.17) is 4.42 Å². The van der Waals surface area contributed by atoms with Gasteiger partial charge < -0.3 is 4.42 Å². The number of hydrogen-bond donors (Lipinski definition) is 0. The zero-order valence-electron chi connectivity index (χ0n) is 15.4. The first kappa shape index (κ1) is 19.8. The molecule has 4 rings (SSSR count). The van der Waals surface area contributed by atoms with E-state index in [0.717, 1.165) is 4.88 Å². The van der Waals surface area contributed by atoms with Crippen LogP contribution in [0.15, 0.2) is 79.7 Å². The summed E-state index contributed by atoms with van der Waals surface area (Å²) < 4.78 is 5.37. The highest BCUT2D eigenvalue weighted by Crippen LogP contribution is 2.34. The predicted molar refractivity (Wildman–Crippen MR) is 117 cm³/mol. The molecule has 0 saturated carbocycles. The van der Waals surface area contributed by atoms with Crippen molar-refractivity contribution >= 4 is 52.2 Å². The monoisotopic (exact) mass is 438 g/mol. The van der Waals surface area contributed by atoms with Crippen LogP contribution in [0.2, 0.25) is 0 Å². The van der Waals surface area contributed by atoms with Gasteiger partial charge in [-0.25, -0.2) is 0 Å². The highest BCUT2D eigenvalue weighted by atomic mass is 32.2. The van der Waals surface area contributed by atoms with Crippen LogP contribution in [0.25, 0.3) is 6.08 Å². The number of amidine groups is 1. The molecule has 10 heteroatoms. The van der Waals surface area contributed by atoms with Crippen molar-refractivity contribution in [3.05, 3.63) is 91.4 Å². The Morgan fingerprint density at radius 1 is 1.17 bits per heavy atom. The van der Waals surface area contributed by atoms with Crippen LogP contribution >= 0.6 is 23.1 Å². The molecule has 1 amide bonds. The molecule has 1 aliphatic heterocycles. The molecular formula is C20H14N4O4S2. The number of benzene rings is 1. The smallest absolute Gasteiger partial charge is 0.269 e. The molecule has 2 aromatic heterocycles. The molecule has 3 aromatic rings. The van der Waals surface area contributed by atoms with Gasteiger partial charge in [0, 0.05) is 17.0 Å². The Morgan fingerprint density at radius 2 is 2.00 bits per heavy atom. The van der Waals surface area contributed by atoms with Crippen molar-refractivity contribution in [1.29, 1.82) is 0 Å². The van der Waals surface area contributed by atoms with Gasteiger partial charge in [-0.15, -0.1) is 16.4 Å². The number of rotatable bonds is 6. The Bertz CT molecular complexity index is 1130. The number of nitrogens with zero attached hydrogens (tertiary/aromatic N) is 4. The first-order valence-corrected chi connectivity index (χ1v) is 10.4. The molecular weight excluding hydrogens is 424 g/mol. The van der Waals surface area contributed by atoms with Gasteiger partial charge in [-0.2, -0.15) is 5.10 Å². The van der Waals surface area contributed by atoms with Crippen molar-refractivity contribution in [2.45, 2.75) is 6.54 Å². The summed E-state index contributed by atoms with van der Waals surface area (Å²) in [5, 5.41) is 21.5. The van der Waals surface area contributed by atoms with E-state index in [9.17, 15) is 14.9 Å². The Morgan fingerprint density at radius 3 is 2.67 bits per heavy atom. The molecule has 30 heavy (non-hydrogen) atoms. The molecule has 8 nitrogen and oxygen atoms in total. The zero-order valence-corrected chi connectivity index (χ0v) is 17.0. The normalized spacial score (nSPS) is 16.9. The second-order valence-corrected chi connectivity index (χ2v) is 8.06. The number of hydrogen-bond acceptors (Lipinski definition) is 8. The fourth-order valence-corrected chi connectivity index (χ4v) is 4.14. The lowest BCUT2D eigenvalue weighted by molar-refractivity contribution is -0.384. The molecule has 0 spiro atoms. The SMILES string of the molecule is O=C1/C(=C/c2ccc([N+](=O)[O-])cc2)S/C(=N/N=C\c2cccs2)N1Cc1ccco1. The highest BCUT2D eigenvalue weighted by Gasteiger charge is 2.34. The third-order valence-corrected chi connectivity index (χ3v) is 5.86. The first-order chi connectivity index (χ1) is 14.6. The molecule has 1 saturated heterocycles. The minimum atomic E-state index is -0.464. The highest BCUT2D eigenvalue weighted by molar-refractivity contribution is 8.18. The van der Waals surface area contributed by atoms with Gasteiger partial charge >= 0.3 is 0 Å². The molecule has 1 aromatic carbocycles. The lowest BCUT2D eigenvalue weighted by atomic mass is 10.2. The fourth-order valence-electron chi connectivity index (χ4n) is 2.62. The van der Waals surface area contributed by atoms with Gasteiger partial charge in [0.25, 0.3) is 11.6 Å². The molecule has 0 aliphatic carbocycles. The number of nitro groups is 1. The molecule has 0 unspecified atom stereocenters. The van der Waals surface area contributed by atoms with Crippen molar-refractivity contribution < 1.29 is 14.1 Å². The van der Waals surface area contributed by atoms with Crippen LogP contribution in [0.5, 0.6) is 0 Å². The van der Waals surface area contributed by atoms with E-state index in [-0.39, 0.29) is 18.1 Å². The number of thiophene rings is 1. The Balaban J connectivity index is 1.60. The van der Waals surface area contributed by atoms with E-state index in [2.05, 4.69) is 10.2 Å². The van der Waals surface area contributed by atoms with Crippen LogP contribution in [0.1, 0.15) is 16.2 Å². The third kappa shape index (κ3) is 4.56. The van der Waals surface area contributed by atoms with Crippen LogP contribution in [-0.4, -0.2) is 27.1 Å². The van der Waals surface area contributed by atoms with Gasteiger partial charge in [0.15, 0.2) is 5.17 Å². The number of nitro benzene ring substituents is 1. The van der Waals surface area contributed by atoms with Crippen molar-refractivity contribution in [2.75, 3.05) is 0 Å². The topological polar surface area (TPSA) is 101 Å². The summed E-state index contributed by atoms with van der Waals surface area (Å²) in [6, 6.07) is 13.4. The van der Waals surface area contributed by atoms with Gasteiger partial charge in [-0.1, -0.05) is 6.07 Å². The van der Waals surface area contributed by atoms with Crippen LogP contribution in [0.4, 0.5) is 5.69 Å². The third-order valence-electron chi connectivity index (χ3n) is 4.06. The molecule has 3 heterocycles. The number of furan rings is 1. The van der Waals surface area contributed by atoms with Gasteiger partial charge in [0.1, 0.15) is 5.76 Å². The van der Waals surface area contributed by atoms with Crippen molar-refractivity contribution in [3.63, 3.8) is 0 Å². The maximum absolute atomic E-state index is 13.0. The molecule has 0 N–H and O–H groups in total. The van der Waals surface area contributed by atoms with Crippen LogP contribution < -0.4 is 0 Å². The summed E-state index contributed by atoms with van der Waals surface area (Å²) in [7, 11) is 0. The number of carbonyl (C=O) groups is 1. The van der Waals surface area contributed by atoms with E-state index >= 15 is 0 Å². The Hall–Kier alpha value is -3.50. The van der Waals surface area contributed by atoms with E-state index in [1.54, 1.807) is 42.8 Å². The van der Waals surface area contributed by atoms with Crippen LogP contribution in [0.3, 0.4) is 0 Å². The molecule has 0 bridgehead atoms. The van der Waals surface area contributed by atoms with Gasteiger partial charge in [-0.3, -0.25) is 19.8 Å². The average molecular weight is 438 g/mol. The summed E-state index contributed by atoms with van der Waals surface area (Å²) in [6.07, 6.45) is 4.85. The molecule has 1 fully saturated rings. The second kappa shape index (κ2) is 8.89. The largest absolute Gasteiger partial charge is 0.467 e. The van der Waals surface area contributed by atoms with E-state index in [1.807, 2.05) is 17.5 Å². The van der Waals surface area contributed by atoms with Crippen LogP contribution in [-0.2, 0) is 11.3 Å². The predicted octanol–water partition coefficient (Wildman–Crippen LogP) is 4.76. The summed E-state index contributed by atoms with van der Waals surface area (Å²) in [4.78, 5) is 26.2. The number of thioether (sulfide) groups is 1. The van der Waals surface area contributed by atoms with Crippen molar-refractivity contribution in [1.82, 2.24) is 4.90 Å². The van der Waals surface area contributed by atoms with Gasteiger partial charge in [0.05, 0.1) is 28.9 Å². The standard InChI is InChI=1S/C20H14N4O4S2/c25-19-18(11-14-5-7-15(8-6-14)24(26)27)30-20(22-21-12-17-4-2-10-29-17)23(19)13-16-3-1-9-28-16/h1-12H,13H2/b18-11-,21-12-,22-20+. The van der Waals surface area contributed by atoms with Crippen molar-refractivity contribution in [3.8, 4) is 0 Å². The summed E-state index contributed by atoms with van der Waals surface area (Å²) in [6.45, 7) is 0.226. The maximum Gasteiger partial charge on any atom is 0.269 e. The summed E-state index contributed by atoms with van der Waals surface area (Å²) in [5.74, 6) is 0.385. The molecule has 0 radical (unpaired) electrons. The number of amides is 1. The lowest BCUT2D eigenvalue weighted by Gasteiger charge is -2.12. The fraction of sp³-hybridized carbons (Fsp3) is 0.0500. The van der Waals surface area contributed by atoms with Gasteiger partial charge in [0.2, 0.25) is 0 Å². The average Bonchev–Trinajstić information content (AvgIpc) is 3.49. The second-order valence-electron chi connectivity index (χ2n) is 6.07. The van der Waals surface area contributed by atoms with Crippen molar-refractivity contribution in [2.24, 2.45) is 10.2 Å². The minimum Gasteiger partial charge on any atom is -0.467 e. The van der Waals surface area contributed by atoms with E-state index < -0.39 is 4.92 Å². The van der Waals surface area contributed by atoms with Gasteiger partial charge in [-0.05, 0) is 59.1 Å².